The number of methoxy groups -OCH3 is 1. The van der Waals surface area contributed by atoms with Crippen LogP contribution in [0, 0.1) is 0 Å². The van der Waals surface area contributed by atoms with Crippen LogP contribution in [0.5, 0.6) is 11.5 Å². The molecule has 0 fully saturated rings. The normalized spacial score (nSPS) is 14.8. The van der Waals surface area contributed by atoms with E-state index < -0.39 is 40.7 Å². The predicted molar refractivity (Wildman–Crippen MR) is 150 cm³/mol. The number of pyridine rings is 2. The zero-order valence-corrected chi connectivity index (χ0v) is 25.4. The number of carbonyl (C=O) groups excluding carboxylic acids is 1. The van der Waals surface area contributed by atoms with Gasteiger partial charge in [-0.1, -0.05) is 20.8 Å². The number of benzene rings is 1. The van der Waals surface area contributed by atoms with E-state index in [0.717, 1.165) is 0 Å². The number of aromatic nitrogens is 2. The summed E-state index contributed by atoms with van der Waals surface area (Å²) in [7, 11) is -15.7. The van der Waals surface area contributed by atoms with Gasteiger partial charge in [-0.3, -0.25) is 19.8 Å². The average Bonchev–Trinajstić information content (AvgIpc) is 2.86. The van der Waals surface area contributed by atoms with E-state index in [1.165, 1.54) is 36.5 Å². The Kier molecular flexibility index (Phi) is 10.3. The standard InChI is InChI=1S/C23H29N4O12P3/c1-23(2,3)19-12-18(36-4)13-20(21(19)37-41(32,33)39-42(34,35)38-40(29,30)31)26-22(28)27(17-6-5-9-25-14-17)15-16-7-10-24-11-8-16/h5-14H,15H2,1-4H3,(H,26,28)(H,32,33)(H,34,35)(H2,29,30,31). The van der Waals surface area contributed by atoms with Gasteiger partial charge in [0.05, 0.1) is 31.2 Å². The van der Waals surface area contributed by atoms with Gasteiger partial charge in [0.25, 0.3) is 0 Å². The number of carbonyl (C=O) groups is 1. The largest absolute Gasteiger partial charge is 0.536 e. The molecule has 1 aromatic carbocycles. The first-order valence-corrected chi connectivity index (χ1v) is 16.3. The minimum Gasteiger partial charge on any atom is -0.497 e. The number of urea groups is 1. The van der Waals surface area contributed by atoms with Crippen LogP contribution in [0.2, 0.25) is 0 Å². The molecule has 0 spiro atoms. The van der Waals surface area contributed by atoms with E-state index in [-0.39, 0.29) is 23.5 Å². The monoisotopic (exact) mass is 646 g/mol. The van der Waals surface area contributed by atoms with Gasteiger partial charge in [0, 0.05) is 30.2 Å². The van der Waals surface area contributed by atoms with Gasteiger partial charge in [-0.05, 0) is 41.3 Å². The first-order chi connectivity index (χ1) is 19.4. The van der Waals surface area contributed by atoms with Crippen molar-refractivity contribution in [3.63, 3.8) is 0 Å². The number of anilines is 2. The molecule has 2 unspecified atom stereocenters. The molecule has 2 heterocycles. The molecule has 2 aromatic heterocycles. The van der Waals surface area contributed by atoms with Crippen LogP contribution in [0.3, 0.4) is 0 Å². The predicted octanol–water partition coefficient (Wildman–Crippen LogP) is 4.73. The summed E-state index contributed by atoms with van der Waals surface area (Å²) in [5.41, 5.74) is 0.211. The fraction of sp³-hybridized carbons (Fsp3) is 0.261. The number of hydrogen-bond donors (Lipinski definition) is 5. The van der Waals surface area contributed by atoms with Crippen molar-refractivity contribution >= 4 is 40.9 Å². The minimum absolute atomic E-state index is 0.0569. The van der Waals surface area contributed by atoms with E-state index in [1.807, 2.05) is 0 Å². The molecule has 0 aliphatic carbocycles. The van der Waals surface area contributed by atoms with Crippen LogP contribution in [0.4, 0.5) is 16.2 Å². The van der Waals surface area contributed by atoms with Crippen molar-refractivity contribution in [1.29, 1.82) is 0 Å². The van der Waals surface area contributed by atoms with Crippen LogP contribution >= 0.6 is 23.5 Å². The molecule has 2 amide bonds. The molecule has 0 saturated carbocycles. The van der Waals surface area contributed by atoms with E-state index in [9.17, 15) is 28.3 Å². The van der Waals surface area contributed by atoms with Gasteiger partial charge in [0.2, 0.25) is 0 Å². The Hall–Kier alpha value is -3.16. The van der Waals surface area contributed by atoms with Gasteiger partial charge in [0.1, 0.15) is 5.75 Å². The highest BCUT2D eigenvalue weighted by Gasteiger charge is 2.43. The molecule has 42 heavy (non-hydrogen) atoms. The van der Waals surface area contributed by atoms with E-state index >= 15 is 0 Å². The SMILES string of the molecule is COc1cc(NC(=O)N(Cc2ccncc2)c2cccnc2)c(OP(=O)(O)OP(=O)(O)OP(=O)(O)O)c(C(C)(C)C)c1. The van der Waals surface area contributed by atoms with E-state index in [2.05, 4.69) is 23.9 Å². The topological polar surface area (TPSA) is 227 Å². The first kappa shape index (κ1) is 33.3. The fourth-order valence-electron chi connectivity index (χ4n) is 3.53. The number of phosphoric acid groups is 3. The zero-order chi connectivity index (χ0) is 31.3. The van der Waals surface area contributed by atoms with Crippen LogP contribution in [0.1, 0.15) is 31.9 Å². The molecule has 16 nitrogen and oxygen atoms in total. The quantitative estimate of drug-likeness (QED) is 0.178. The molecule has 3 aromatic rings. The Bertz CT molecular complexity index is 1550. The highest BCUT2D eigenvalue weighted by atomic mass is 31.3. The summed E-state index contributed by atoms with van der Waals surface area (Å²) >= 11 is 0. The van der Waals surface area contributed by atoms with Crippen molar-refractivity contribution in [3.8, 4) is 11.5 Å². The third-order valence-electron chi connectivity index (χ3n) is 5.26. The number of nitrogens with one attached hydrogen (secondary N) is 1. The molecule has 228 valence electrons. The third kappa shape index (κ3) is 9.70. The maximum Gasteiger partial charge on any atom is 0.536 e. The number of nitrogens with zero attached hydrogens (tertiary/aromatic N) is 3. The van der Waals surface area contributed by atoms with Crippen LogP contribution in [0.15, 0.2) is 61.2 Å². The first-order valence-electron chi connectivity index (χ1n) is 11.8. The molecule has 0 aliphatic rings. The molecule has 19 heteroatoms. The summed E-state index contributed by atoms with van der Waals surface area (Å²) in [6, 6.07) is 8.59. The van der Waals surface area contributed by atoms with Crippen molar-refractivity contribution in [2.24, 2.45) is 0 Å². The van der Waals surface area contributed by atoms with Gasteiger partial charge >= 0.3 is 29.5 Å². The Morgan fingerprint density at radius 1 is 0.952 bits per heavy atom. The van der Waals surface area contributed by atoms with Crippen molar-refractivity contribution in [2.75, 3.05) is 17.3 Å². The highest BCUT2D eigenvalue weighted by Crippen LogP contribution is 2.66. The molecule has 3 rings (SSSR count). The number of amides is 2. The molecule has 2 atom stereocenters. The van der Waals surface area contributed by atoms with Crippen LogP contribution in [-0.4, -0.2) is 42.7 Å². The molecule has 0 saturated heterocycles. The lowest BCUT2D eigenvalue weighted by molar-refractivity contribution is 0.206. The van der Waals surface area contributed by atoms with Gasteiger partial charge in [-0.15, -0.1) is 0 Å². The van der Waals surface area contributed by atoms with Crippen molar-refractivity contribution in [2.45, 2.75) is 32.7 Å². The maximum absolute atomic E-state index is 13.7. The lowest BCUT2D eigenvalue weighted by Gasteiger charge is -2.28. The van der Waals surface area contributed by atoms with E-state index in [1.54, 1.807) is 57.4 Å². The van der Waals surface area contributed by atoms with Gasteiger partial charge < -0.3 is 29.3 Å². The summed E-state index contributed by atoms with van der Waals surface area (Å²) in [4.78, 5) is 60.7. The molecular weight excluding hydrogens is 617 g/mol. The van der Waals surface area contributed by atoms with Gasteiger partial charge in [-0.2, -0.15) is 8.62 Å². The van der Waals surface area contributed by atoms with Crippen molar-refractivity contribution in [1.82, 2.24) is 9.97 Å². The number of phosphoric ester groups is 1. The molecule has 0 aliphatic heterocycles. The molecule has 0 radical (unpaired) electrons. The Morgan fingerprint density at radius 3 is 2.17 bits per heavy atom. The fourth-order valence-corrected chi connectivity index (χ4v) is 6.59. The third-order valence-corrected chi connectivity index (χ3v) is 9.00. The average molecular weight is 646 g/mol. The second-order valence-corrected chi connectivity index (χ2v) is 13.9. The number of hydrogen-bond acceptors (Lipinski definition) is 10. The molecular formula is C23H29N4O12P3. The van der Waals surface area contributed by atoms with E-state index in [4.69, 9.17) is 19.0 Å². The Labute approximate surface area is 240 Å². The van der Waals surface area contributed by atoms with Crippen LogP contribution in [-0.2, 0) is 34.3 Å². The maximum atomic E-state index is 13.7. The summed E-state index contributed by atoms with van der Waals surface area (Å²) in [5.74, 6) is -0.260. The van der Waals surface area contributed by atoms with Crippen molar-refractivity contribution in [3.05, 3.63) is 72.3 Å². The lowest BCUT2D eigenvalue weighted by atomic mass is 9.85. The Balaban J connectivity index is 2.08. The van der Waals surface area contributed by atoms with Gasteiger partial charge in [-0.25, -0.2) is 18.5 Å². The summed E-state index contributed by atoms with van der Waals surface area (Å²) in [5, 5.41) is 2.60. The van der Waals surface area contributed by atoms with Crippen molar-refractivity contribution < 1.29 is 55.9 Å². The summed E-state index contributed by atoms with van der Waals surface area (Å²) < 4.78 is 54.0. The van der Waals surface area contributed by atoms with Crippen LogP contribution < -0.4 is 19.5 Å². The zero-order valence-electron chi connectivity index (χ0n) is 22.7. The van der Waals surface area contributed by atoms with Crippen LogP contribution in [0.25, 0.3) is 0 Å². The summed E-state index contributed by atoms with van der Waals surface area (Å²) in [6.07, 6.45) is 6.06. The number of rotatable bonds is 11. The van der Waals surface area contributed by atoms with Gasteiger partial charge in [0.15, 0.2) is 5.75 Å². The lowest BCUT2D eigenvalue weighted by Crippen LogP contribution is -2.35. The van der Waals surface area contributed by atoms with E-state index in [0.29, 0.717) is 11.3 Å². The second-order valence-electron chi connectivity index (χ2n) is 9.57. The second kappa shape index (κ2) is 13.0. The molecule has 5 N–H and O–H groups in total. The highest BCUT2D eigenvalue weighted by molar-refractivity contribution is 7.66. The smallest absolute Gasteiger partial charge is 0.497 e. The minimum atomic E-state index is -5.81. The Morgan fingerprint density at radius 2 is 1.62 bits per heavy atom. The number of ether oxygens (including phenoxy) is 1. The molecule has 0 bridgehead atoms. The summed E-state index contributed by atoms with van der Waals surface area (Å²) in [6.45, 7) is 5.15.